The van der Waals surface area contributed by atoms with Crippen LogP contribution in [0, 0.1) is 0 Å². The van der Waals surface area contributed by atoms with Gasteiger partial charge in [-0.2, -0.15) is 5.10 Å². The molecule has 6 heteroatoms. The van der Waals surface area contributed by atoms with E-state index in [1.807, 2.05) is 0 Å². The lowest BCUT2D eigenvalue weighted by molar-refractivity contribution is -0.142. The van der Waals surface area contributed by atoms with Gasteiger partial charge in [-0.1, -0.05) is 30.3 Å². The van der Waals surface area contributed by atoms with E-state index < -0.39 is 12.0 Å². The predicted octanol–water partition coefficient (Wildman–Crippen LogP) is 1.67. The highest BCUT2D eigenvalue weighted by Gasteiger charge is 2.21. The van der Waals surface area contributed by atoms with Gasteiger partial charge in [0.15, 0.2) is 6.04 Å². The number of hydrogen-bond acceptors (Lipinski definition) is 3. The average molecular weight is 287 g/mol. The van der Waals surface area contributed by atoms with Crippen LogP contribution in [0.15, 0.2) is 42.7 Å². The van der Waals surface area contributed by atoms with Crippen molar-refractivity contribution >= 4 is 11.9 Å². The van der Waals surface area contributed by atoms with Crippen LogP contribution >= 0.6 is 0 Å². The molecule has 0 fully saturated rings. The van der Waals surface area contributed by atoms with Crippen molar-refractivity contribution in [2.45, 2.75) is 25.3 Å². The van der Waals surface area contributed by atoms with Crippen molar-refractivity contribution in [2.75, 3.05) is 0 Å². The van der Waals surface area contributed by atoms with Gasteiger partial charge in [-0.05, 0) is 24.0 Å². The lowest BCUT2D eigenvalue weighted by Gasteiger charge is -2.14. The summed E-state index contributed by atoms with van der Waals surface area (Å²) in [6, 6.07) is 7.66. The summed E-state index contributed by atoms with van der Waals surface area (Å²) < 4.78 is 0. The number of aryl methyl sites for hydroxylation is 1. The molecule has 1 aromatic carbocycles. The Labute approximate surface area is 122 Å². The van der Waals surface area contributed by atoms with Crippen LogP contribution in [0.3, 0.4) is 0 Å². The normalized spacial score (nSPS) is 11.8. The van der Waals surface area contributed by atoms with Crippen LogP contribution in [-0.4, -0.2) is 27.2 Å². The third-order valence-electron chi connectivity index (χ3n) is 3.11. The molecule has 2 aromatic rings. The third kappa shape index (κ3) is 4.45. The van der Waals surface area contributed by atoms with Gasteiger partial charge in [-0.3, -0.25) is 9.89 Å². The number of nitrogens with one attached hydrogen (secondary N) is 2. The van der Waals surface area contributed by atoms with Crippen LogP contribution in [0.25, 0.3) is 0 Å². The van der Waals surface area contributed by atoms with Gasteiger partial charge in [0.2, 0.25) is 5.91 Å². The molecule has 0 spiro atoms. The molecule has 110 valence electrons. The number of aromatic amines is 1. The maximum absolute atomic E-state index is 11.9. The number of nitrogens with zero attached hydrogens (tertiary/aromatic N) is 1. The van der Waals surface area contributed by atoms with Crippen molar-refractivity contribution in [3.63, 3.8) is 0 Å². The highest BCUT2D eigenvalue weighted by atomic mass is 16.4. The monoisotopic (exact) mass is 287 g/mol. The van der Waals surface area contributed by atoms with Gasteiger partial charge >= 0.3 is 5.97 Å². The van der Waals surface area contributed by atoms with Gasteiger partial charge in [0.05, 0.1) is 6.20 Å². The lowest BCUT2D eigenvalue weighted by Crippen LogP contribution is -2.33. The van der Waals surface area contributed by atoms with Gasteiger partial charge in [0.1, 0.15) is 0 Å². The van der Waals surface area contributed by atoms with Crippen LogP contribution in [0.2, 0.25) is 0 Å². The highest BCUT2D eigenvalue weighted by molar-refractivity contribution is 5.84. The van der Waals surface area contributed by atoms with E-state index in [1.54, 1.807) is 42.7 Å². The van der Waals surface area contributed by atoms with Gasteiger partial charge in [0, 0.05) is 12.6 Å². The fourth-order valence-corrected chi connectivity index (χ4v) is 2.03. The molecule has 0 bridgehead atoms. The first-order valence-corrected chi connectivity index (χ1v) is 6.71. The van der Waals surface area contributed by atoms with Crippen molar-refractivity contribution in [1.82, 2.24) is 15.5 Å². The molecule has 0 aliphatic heterocycles. The molecule has 0 saturated heterocycles. The molecular formula is C15H17N3O3. The molecule has 6 nitrogen and oxygen atoms in total. The number of carboxylic acids is 1. The number of carboxylic acid groups (broad SMARTS) is 1. The Morgan fingerprint density at radius 3 is 2.67 bits per heavy atom. The minimum atomic E-state index is -1.07. The molecule has 0 saturated carbocycles. The lowest BCUT2D eigenvalue weighted by atomic mass is 10.1. The van der Waals surface area contributed by atoms with E-state index in [1.165, 1.54) is 0 Å². The standard InChI is InChI=1S/C15H17N3O3/c19-13(8-4-5-11-9-16-17-10-11)18-14(15(20)21)12-6-2-1-3-7-12/h1-3,6-7,9-10,14H,4-5,8H2,(H,16,17)(H,18,19)(H,20,21)/t14-/m0/s1. The summed E-state index contributed by atoms with van der Waals surface area (Å²) in [5.74, 6) is -1.33. The largest absolute Gasteiger partial charge is 0.479 e. The Morgan fingerprint density at radius 2 is 2.05 bits per heavy atom. The fraction of sp³-hybridized carbons (Fsp3) is 0.267. The van der Waals surface area contributed by atoms with E-state index in [0.29, 0.717) is 12.0 Å². The summed E-state index contributed by atoms with van der Waals surface area (Å²) in [6.45, 7) is 0. The van der Waals surface area contributed by atoms with Crippen molar-refractivity contribution in [1.29, 1.82) is 0 Å². The van der Waals surface area contributed by atoms with Crippen molar-refractivity contribution < 1.29 is 14.7 Å². The summed E-state index contributed by atoms with van der Waals surface area (Å²) in [4.78, 5) is 23.1. The number of amides is 1. The van der Waals surface area contributed by atoms with Crippen molar-refractivity contribution in [2.24, 2.45) is 0 Å². The van der Waals surface area contributed by atoms with Crippen LogP contribution in [0.1, 0.15) is 30.0 Å². The molecule has 2 rings (SSSR count). The Balaban J connectivity index is 1.85. The van der Waals surface area contributed by atoms with Crippen LogP contribution in [0.5, 0.6) is 0 Å². The first-order valence-electron chi connectivity index (χ1n) is 6.71. The number of hydrogen-bond donors (Lipinski definition) is 3. The number of H-pyrrole nitrogens is 1. The fourth-order valence-electron chi connectivity index (χ4n) is 2.03. The summed E-state index contributed by atoms with van der Waals surface area (Å²) >= 11 is 0. The van der Waals surface area contributed by atoms with Crippen molar-refractivity contribution in [3.8, 4) is 0 Å². The first kappa shape index (κ1) is 14.8. The maximum Gasteiger partial charge on any atom is 0.330 e. The second-order valence-electron chi connectivity index (χ2n) is 4.71. The minimum absolute atomic E-state index is 0.269. The van der Waals surface area contributed by atoms with Crippen LogP contribution in [-0.2, 0) is 16.0 Å². The van der Waals surface area contributed by atoms with E-state index in [4.69, 9.17) is 0 Å². The quantitative estimate of drug-likeness (QED) is 0.722. The zero-order valence-electron chi connectivity index (χ0n) is 11.5. The zero-order valence-corrected chi connectivity index (χ0v) is 11.5. The van der Waals surface area contributed by atoms with Gasteiger partial charge in [-0.25, -0.2) is 4.79 Å². The molecule has 1 aromatic heterocycles. The van der Waals surface area contributed by atoms with Gasteiger partial charge < -0.3 is 10.4 Å². The Kier molecular flexibility index (Phi) is 5.09. The van der Waals surface area contributed by atoms with Gasteiger partial charge in [0.25, 0.3) is 0 Å². The Morgan fingerprint density at radius 1 is 1.29 bits per heavy atom. The SMILES string of the molecule is O=C(CCCc1cn[nH]c1)N[C@H](C(=O)O)c1ccccc1. The Bertz CT molecular complexity index is 581. The van der Waals surface area contributed by atoms with Gasteiger partial charge in [-0.15, -0.1) is 0 Å². The topological polar surface area (TPSA) is 95.1 Å². The molecule has 0 aliphatic rings. The number of carbonyl (C=O) groups excluding carboxylic acids is 1. The molecule has 0 unspecified atom stereocenters. The average Bonchev–Trinajstić information content (AvgIpc) is 2.98. The summed E-state index contributed by atoms with van der Waals surface area (Å²) in [5.41, 5.74) is 1.59. The number of benzene rings is 1. The van der Waals surface area contributed by atoms with E-state index >= 15 is 0 Å². The molecule has 1 atom stereocenters. The molecule has 0 aliphatic carbocycles. The number of carbonyl (C=O) groups is 2. The summed E-state index contributed by atoms with van der Waals surface area (Å²) in [7, 11) is 0. The predicted molar refractivity (Wildman–Crippen MR) is 76.5 cm³/mol. The van der Waals surface area contributed by atoms with E-state index in [2.05, 4.69) is 15.5 Å². The van der Waals surface area contributed by atoms with Crippen LogP contribution in [0.4, 0.5) is 0 Å². The first-order chi connectivity index (χ1) is 10.2. The molecule has 1 amide bonds. The molecular weight excluding hydrogens is 270 g/mol. The van der Waals surface area contributed by atoms with E-state index in [-0.39, 0.29) is 12.3 Å². The molecule has 0 radical (unpaired) electrons. The van der Waals surface area contributed by atoms with Crippen molar-refractivity contribution in [3.05, 3.63) is 53.9 Å². The second-order valence-corrected chi connectivity index (χ2v) is 4.71. The number of aliphatic carboxylic acids is 1. The third-order valence-corrected chi connectivity index (χ3v) is 3.11. The Hall–Kier alpha value is -2.63. The zero-order chi connectivity index (χ0) is 15.1. The molecule has 1 heterocycles. The van der Waals surface area contributed by atoms with Crippen LogP contribution < -0.4 is 5.32 Å². The highest BCUT2D eigenvalue weighted by Crippen LogP contribution is 2.13. The summed E-state index contributed by atoms with van der Waals surface area (Å²) in [5, 5.41) is 18.3. The number of rotatable bonds is 7. The summed E-state index contributed by atoms with van der Waals surface area (Å²) in [6.07, 6.45) is 5.14. The smallest absolute Gasteiger partial charge is 0.330 e. The maximum atomic E-state index is 11.9. The number of aromatic nitrogens is 2. The van der Waals surface area contributed by atoms with E-state index in [0.717, 1.165) is 12.0 Å². The molecule has 21 heavy (non-hydrogen) atoms. The molecule has 3 N–H and O–H groups in total. The van der Waals surface area contributed by atoms with E-state index in [9.17, 15) is 14.7 Å². The second kappa shape index (κ2) is 7.23. The minimum Gasteiger partial charge on any atom is -0.479 e.